The normalized spacial score (nSPS) is 31.9. The number of carbonyl (C=O) groups is 1. The summed E-state index contributed by atoms with van der Waals surface area (Å²) in [7, 11) is 1.35. The summed E-state index contributed by atoms with van der Waals surface area (Å²) < 4.78 is 34.1. The average Bonchev–Trinajstić information content (AvgIpc) is 3.04. The van der Waals surface area contributed by atoms with E-state index in [9.17, 15) is 13.6 Å². The molecule has 2 atom stereocenters. The molecule has 0 aliphatic heterocycles. The van der Waals surface area contributed by atoms with Gasteiger partial charge in [-0.1, -0.05) is 0 Å². The Bertz CT molecular complexity index is 310. The van der Waals surface area contributed by atoms with Crippen molar-refractivity contribution in [3.63, 3.8) is 0 Å². The molecule has 2 saturated carbocycles. The quantitative estimate of drug-likeness (QED) is 0.737. The van der Waals surface area contributed by atoms with Gasteiger partial charge in [0.05, 0.1) is 13.2 Å². The molecule has 0 bridgehead atoms. The SMILES string of the molecule is COC(=O)C1(NC2CC2)CCC(OCC(F)F)C1. The van der Waals surface area contributed by atoms with Crippen LogP contribution in [-0.2, 0) is 14.3 Å². The lowest BCUT2D eigenvalue weighted by Gasteiger charge is -2.27. The first kappa shape index (κ1) is 13.7. The van der Waals surface area contributed by atoms with E-state index in [-0.39, 0.29) is 12.1 Å². The topological polar surface area (TPSA) is 47.6 Å². The molecule has 0 aromatic rings. The van der Waals surface area contributed by atoms with Crippen molar-refractivity contribution in [1.29, 1.82) is 0 Å². The lowest BCUT2D eigenvalue weighted by Crippen LogP contribution is -2.52. The first-order valence-electron chi connectivity index (χ1n) is 6.31. The number of carbonyl (C=O) groups excluding carboxylic acids is 1. The summed E-state index contributed by atoms with van der Waals surface area (Å²) in [5.74, 6) is -0.308. The maximum Gasteiger partial charge on any atom is 0.326 e. The molecule has 2 unspecified atom stereocenters. The Morgan fingerprint density at radius 1 is 1.44 bits per heavy atom. The van der Waals surface area contributed by atoms with Gasteiger partial charge in [0.25, 0.3) is 6.43 Å². The number of hydrogen-bond acceptors (Lipinski definition) is 4. The molecule has 0 amide bonds. The van der Waals surface area contributed by atoms with Gasteiger partial charge in [0, 0.05) is 12.5 Å². The molecule has 4 nitrogen and oxygen atoms in total. The molecule has 2 rings (SSSR count). The molecule has 1 N–H and O–H groups in total. The molecule has 18 heavy (non-hydrogen) atoms. The maximum atomic E-state index is 12.1. The van der Waals surface area contributed by atoms with Crippen LogP contribution in [0.5, 0.6) is 0 Å². The van der Waals surface area contributed by atoms with Crippen LogP contribution in [0.15, 0.2) is 0 Å². The highest BCUT2D eigenvalue weighted by Crippen LogP contribution is 2.36. The molecule has 0 aromatic heterocycles. The summed E-state index contributed by atoms with van der Waals surface area (Å²) in [5.41, 5.74) is -0.733. The molecule has 2 fully saturated rings. The predicted molar refractivity (Wildman–Crippen MR) is 60.5 cm³/mol. The zero-order valence-corrected chi connectivity index (χ0v) is 10.5. The monoisotopic (exact) mass is 263 g/mol. The first-order valence-corrected chi connectivity index (χ1v) is 6.31. The number of rotatable bonds is 6. The van der Waals surface area contributed by atoms with Gasteiger partial charge in [-0.3, -0.25) is 10.1 Å². The Kier molecular flexibility index (Phi) is 4.17. The Hall–Kier alpha value is -0.750. The van der Waals surface area contributed by atoms with Crippen LogP contribution in [0.25, 0.3) is 0 Å². The minimum atomic E-state index is -2.46. The van der Waals surface area contributed by atoms with E-state index in [2.05, 4.69) is 5.32 Å². The van der Waals surface area contributed by atoms with Gasteiger partial charge in [0.15, 0.2) is 0 Å². The highest BCUT2D eigenvalue weighted by molar-refractivity contribution is 5.81. The summed E-state index contributed by atoms with van der Waals surface area (Å²) in [6.45, 7) is -0.564. The van der Waals surface area contributed by atoms with Gasteiger partial charge in [0.1, 0.15) is 12.1 Å². The van der Waals surface area contributed by atoms with Crippen molar-refractivity contribution in [2.24, 2.45) is 0 Å². The Labute approximate surface area is 105 Å². The molecular formula is C12H19F2NO3. The molecule has 104 valence electrons. The van der Waals surface area contributed by atoms with Gasteiger partial charge in [-0.2, -0.15) is 0 Å². The van der Waals surface area contributed by atoms with Crippen LogP contribution < -0.4 is 5.32 Å². The smallest absolute Gasteiger partial charge is 0.326 e. The van der Waals surface area contributed by atoms with Crippen molar-refractivity contribution < 1.29 is 23.0 Å². The van der Waals surface area contributed by atoms with E-state index in [1.807, 2.05) is 0 Å². The highest BCUT2D eigenvalue weighted by Gasteiger charge is 2.49. The second-order valence-electron chi connectivity index (χ2n) is 5.08. The van der Waals surface area contributed by atoms with Crippen LogP contribution in [0, 0.1) is 0 Å². The van der Waals surface area contributed by atoms with Crippen molar-refractivity contribution in [2.75, 3.05) is 13.7 Å². The minimum Gasteiger partial charge on any atom is -0.468 e. The number of esters is 1. The number of ether oxygens (including phenoxy) is 2. The lowest BCUT2D eigenvalue weighted by molar-refractivity contribution is -0.149. The average molecular weight is 263 g/mol. The minimum absolute atomic E-state index is 0.288. The van der Waals surface area contributed by atoms with Crippen molar-refractivity contribution in [3.05, 3.63) is 0 Å². The number of alkyl halides is 2. The highest BCUT2D eigenvalue weighted by atomic mass is 19.3. The van der Waals surface area contributed by atoms with E-state index in [4.69, 9.17) is 9.47 Å². The van der Waals surface area contributed by atoms with Crippen LogP contribution in [0.2, 0.25) is 0 Å². The molecule has 0 heterocycles. The van der Waals surface area contributed by atoms with Crippen molar-refractivity contribution in [3.8, 4) is 0 Å². The standard InChI is InChI=1S/C12H19F2NO3/c1-17-11(16)12(15-8-2-3-8)5-4-9(6-12)18-7-10(13)14/h8-10,15H,2-7H2,1H3. The zero-order chi connectivity index (χ0) is 13.2. The third-order valence-electron chi connectivity index (χ3n) is 3.56. The third-order valence-corrected chi connectivity index (χ3v) is 3.56. The summed E-state index contributed by atoms with van der Waals surface area (Å²) >= 11 is 0. The number of methoxy groups -OCH3 is 1. The number of halogens is 2. The molecule has 6 heteroatoms. The van der Waals surface area contributed by atoms with Gasteiger partial charge < -0.3 is 9.47 Å². The fraction of sp³-hybridized carbons (Fsp3) is 0.917. The second kappa shape index (κ2) is 5.48. The Morgan fingerprint density at radius 2 is 2.17 bits per heavy atom. The van der Waals surface area contributed by atoms with Gasteiger partial charge in [-0.15, -0.1) is 0 Å². The Morgan fingerprint density at radius 3 is 2.72 bits per heavy atom. The number of nitrogens with one attached hydrogen (secondary N) is 1. The van der Waals surface area contributed by atoms with Crippen LogP contribution in [-0.4, -0.2) is 43.8 Å². The van der Waals surface area contributed by atoms with Crippen LogP contribution in [0.4, 0.5) is 8.78 Å². The molecule has 0 spiro atoms. The molecular weight excluding hydrogens is 244 g/mol. The van der Waals surface area contributed by atoms with E-state index in [1.54, 1.807) is 0 Å². The van der Waals surface area contributed by atoms with Crippen molar-refractivity contribution in [1.82, 2.24) is 5.32 Å². The van der Waals surface area contributed by atoms with Gasteiger partial charge >= 0.3 is 5.97 Å². The van der Waals surface area contributed by atoms with E-state index in [0.717, 1.165) is 12.8 Å². The van der Waals surface area contributed by atoms with Crippen molar-refractivity contribution >= 4 is 5.97 Å². The van der Waals surface area contributed by atoms with E-state index >= 15 is 0 Å². The summed E-state index contributed by atoms with van der Waals surface area (Å²) in [6.07, 6.45) is 0.982. The molecule has 2 aliphatic carbocycles. The van der Waals surface area contributed by atoms with Crippen LogP contribution in [0.1, 0.15) is 32.1 Å². The number of hydrogen-bond donors (Lipinski definition) is 1. The Balaban J connectivity index is 1.92. The van der Waals surface area contributed by atoms with Gasteiger partial charge in [-0.05, 0) is 25.7 Å². The fourth-order valence-corrected chi connectivity index (χ4v) is 2.54. The van der Waals surface area contributed by atoms with Gasteiger partial charge in [-0.25, -0.2) is 8.78 Å². The third kappa shape index (κ3) is 3.17. The van der Waals surface area contributed by atoms with Crippen molar-refractivity contribution in [2.45, 2.75) is 56.2 Å². The van der Waals surface area contributed by atoms with E-state index in [1.165, 1.54) is 7.11 Å². The van der Waals surface area contributed by atoms with Crippen LogP contribution in [0.3, 0.4) is 0 Å². The first-order chi connectivity index (χ1) is 8.55. The second-order valence-corrected chi connectivity index (χ2v) is 5.08. The largest absolute Gasteiger partial charge is 0.468 e. The van der Waals surface area contributed by atoms with E-state index in [0.29, 0.717) is 25.3 Å². The van der Waals surface area contributed by atoms with Gasteiger partial charge in [0.2, 0.25) is 0 Å². The predicted octanol–water partition coefficient (Wildman–Crippen LogP) is 1.48. The summed E-state index contributed by atoms with van der Waals surface area (Å²) in [5, 5.41) is 3.29. The maximum absolute atomic E-state index is 12.1. The molecule has 0 radical (unpaired) electrons. The molecule has 2 aliphatic rings. The molecule has 0 aromatic carbocycles. The molecule has 0 saturated heterocycles. The fourth-order valence-electron chi connectivity index (χ4n) is 2.54. The summed E-state index contributed by atoms with van der Waals surface area (Å²) in [6, 6.07) is 0.359. The van der Waals surface area contributed by atoms with Crippen LogP contribution >= 0.6 is 0 Å². The summed E-state index contributed by atoms with van der Waals surface area (Å²) in [4.78, 5) is 11.9. The lowest BCUT2D eigenvalue weighted by atomic mass is 9.97. The zero-order valence-electron chi connectivity index (χ0n) is 10.5. The van der Waals surface area contributed by atoms with E-state index < -0.39 is 18.6 Å².